The number of nitrogens with one attached hydrogen (secondary N) is 1. The first-order valence-corrected chi connectivity index (χ1v) is 7.40. The number of halogens is 1. The van der Waals surface area contributed by atoms with Gasteiger partial charge in [-0.3, -0.25) is 0 Å². The van der Waals surface area contributed by atoms with Gasteiger partial charge < -0.3 is 10.1 Å². The Balaban J connectivity index is 2.46. The highest BCUT2D eigenvalue weighted by Gasteiger charge is 2.10. The van der Waals surface area contributed by atoms with Gasteiger partial charge in [-0.25, -0.2) is 0 Å². The summed E-state index contributed by atoms with van der Waals surface area (Å²) in [6.07, 6.45) is 1.06. The maximum Gasteiger partial charge on any atom is 0.0488 e. The lowest BCUT2D eigenvalue weighted by Crippen LogP contribution is -2.19. The molecule has 1 atom stereocenters. The maximum atomic E-state index is 5.68. The van der Waals surface area contributed by atoms with Crippen molar-refractivity contribution < 1.29 is 4.74 Å². The molecule has 0 saturated heterocycles. The summed E-state index contributed by atoms with van der Waals surface area (Å²) in [5.41, 5.74) is 1.38. The van der Waals surface area contributed by atoms with E-state index >= 15 is 0 Å². The van der Waals surface area contributed by atoms with Gasteiger partial charge in [-0.05, 0) is 43.0 Å². The molecule has 1 aromatic carbocycles. The van der Waals surface area contributed by atoms with Crippen molar-refractivity contribution in [1.29, 1.82) is 0 Å². The van der Waals surface area contributed by atoms with Gasteiger partial charge in [0.15, 0.2) is 0 Å². The van der Waals surface area contributed by atoms with Crippen molar-refractivity contribution in [2.45, 2.75) is 26.2 Å². The molecule has 3 heteroatoms. The summed E-state index contributed by atoms with van der Waals surface area (Å²) in [6, 6.07) is 8.59. The minimum Gasteiger partial charge on any atom is -0.381 e. The molecule has 0 spiro atoms. The van der Waals surface area contributed by atoms with Crippen LogP contribution in [0, 0.1) is 5.92 Å². The van der Waals surface area contributed by atoms with Crippen molar-refractivity contribution in [1.82, 2.24) is 5.32 Å². The molecule has 0 amide bonds. The van der Waals surface area contributed by atoms with Crippen molar-refractivity contribution in [3.8, 4) is 0 Å². The minimum absolute atomic E-state index is 0.523. The fourth-order valence-electron chi connectivity index (χ4n) is 1.91. The van der Waals surface area contributed by atoms with Gasteiger partial charge >= 0.3 is 0 Å². The lowest BCUT2D eigenvalue weighted by atomic mass is 9.96. The van der Waals surface area contributed by atoms with E-state index in [2.05, 4.69) is 59.4 Å². The second kappa shape index (κ2) is 8.68. The molecule has 0 bridgehead atoms. The Kier molecular flexibility index (Phi) is 7.56. The highest BCUT2D eigenvalue weighted by atomic mass is 79.9. The van der Waals surface area contributed by atoms with Crippen LogP contribution in [0.25, 0.3) is 0 Å². The van der Waals surface area contributed by atoms with Crippen molar-refractivity contribution in [2.24, 2.45) is 5.92 Å². The lowest BCUT2D eigenvalue weighted by Gasteiger charge is -2.17. The van der Waals surface area contributed by atoms with Gasteiger partial charge in [0.05, 0.1) is 0 Å². The molecule has 0 aliphatic heterocycles. The van der Waals surface area contributed by atoms with Gasteiger partial charge in [0.1, 0.15) is 0 Å². The summed E-state index contributed by atoms with van der Waals surface area (Å²) in [5.74, 6) is 1.13. The van der Waals surface area contributed by atoms with E-state index in [1.54, 1.807) is 0 Å². The first kappa shape index (κ1) is 15.7. The molecule has 0 radical (unpaired) electrons. The van der Waals surface area contributed by atoms with E-state index in [1.165, 1.54) is 5.56 Å². The first-order chi connectivity index (χ1) is 8.63. The number of benzene rings is 1. The highest BCUT2D eigenvalue weighted by Crippen LogP contribution is 2.21. The molecule has 2 nitrogen and oxygen atoms in total. The average Bonchev–Trinajstić information content (AvgIpc) is 2.34. The Bertz CT molecular complexity index is 324. The molecule has 0 saturated carbocycles. The van der Waals surface area contributed by atoms with Crippen LogP contribution in [0.3, 0.4) is 0 Å². The summed E-state index contributed by atoms with van der Waals surface area (Å²) in [7, 11) is 2.00. The number of hydrogen-bond donors (Lipinski definition) is 1. The fourth-order valence-corrected chi connectivity index (χ4v) is 2.18. The third kappa shape index (κ3) is 5.98. The van der Waals surface area contributed by atoms with Crippen LogP contribution < -0.4 is 5.32 Å². The fraction of sp³-hybridized carbons (Fsp3) is 0.600. The molecule has 0 aromatic heterocycles. The zero-order valence-corrected chi connectivity index (χ0v) is 13.2. The van der Waals surface area contributed by atoms with Crippen LogP contribution in [0.1, 0.15) is 31.7 Å². The topological polar surface area (TPSA) is 21.3 Å². The Morgan fingerprint density at radius 1 is 1.22 bits per heavy atom. The third-order valence-electron chi connectivity index (χ3n) is 2.85. The summed E-state index contributed by atoms with van der Waals surface area (Å²) < 4.78 is 6.81. The quantitative estimate of drug-likeness (QED) is 0.737. The Morgan fingerprint density at radius 2 is 1.89 bits per heavy atom. The van der Waals surface area contributed by atoms with Crippen LogP contribution in [0.2, 0.25) is 0 Å². The number of hydrogen-bond acceptors (Lipinski definition) is 2. The van der Waals surface area contributed by atoms with Crippen LogP contribution in [0.5, 0.6) is 0 Å². The van der Waals surface area contributed by atoms with Gasteiger partial charge in [-0.15, -0.1) is 0 Å². The summed E-state index contributed by atoms with van der Waals surface area (Å²) in [5, 5.41) is 3.26. The average molecular weight is 314 g/mol. The highest BCUT2D eigenvalue weighted by molar-refractivity contribution is 9.10. The standard InChI is InChI=1S/C15H24BrNO/c1-12(2)11-18-9-8-14(10-17-3)13-4-6-15(16)7-5-13/h4-7,12,14,17H,8-11H2,1-3H3. The Hall–Kier alpha value is -0.380. The lowest BCUT2D eigenvalue weighted by molar-refractivity contribution is 0.104. The normalized spacial score (nSPS) is 12.9. The van der Waals surface area contributed by atoms with Crippen molar-refractivity contribution >= 4 is 15.9 Å². The Morgan fingerprint density at radius 3 is 2.44 bits per heavy atom. The molecule has 0 fully saturated rings. The molecule has 18 heavy (non-hydrogen) atoms. The molecular formula is C15H24BrNO. The van der Waals surface area contributed by atoms with Crippen LogP contribution in [0.4, 0.5) is 0 Å². The molecular weight excluding hydrogens is 290 g/mol. The van der Waals surface area contributed by atoms with Crippen molar-refractivity contribution in [3.63, 3.8) is 0 Å². The second-order valence-corrected chi connectivity index (χ2v) is 5.98. The van der Waals surface area contributed by atoms with Gasteiger partial charge in [0.25, 0.3) is 0 Å². The molecule has 0 aliphatic rings. The van der Waals surface area contributed by atoms with Gasteiger partial charge in [0.2, 0.25) is 0 Å². The smallest absolute Gasteiger partial charge is 0.0488 e. The first-order valence-electron chi connectivity index (χ1n) is 6.61. The largest absolute Gasteiger partial charge is 0.381 e. The van der Waals surface area contributed by atoms with E-state index < -0.39 is 0 Å². The maximum absolute atomic E-state index is 5.68. The van der Waals surface area contributed by atoms with Crippen LogP contribution in [-0.4, -0.2) is 26.8 Å². The van der Waals surface area contributed by atoms with Gasteiger partial charge in [-0.2, -0.15) is 0 Å². The second-order valence-electron chi connectivity index (χ2n) is 5.06. The van der Waals surface area contributed by atoms with Crippen molar-refractivity contribution in [2.75, 3.05) is 26.8 Å². The van der Waals surface area contributed by atoms with Crippen molar-refractivity contribution in [3.05, 3.63) is 34.3 Å². The number of rotatable bonds is 8. The molecule has 102 valence electrons. The molecule has 1 N–H and O–H groups in total. The van der Waals surface area contributed by atoms with E-state index in [-0.39, 0.29) is 0 Å². The summed E-state index contributed by atoms with van der Waals surface area (Å²) in [6.45, 7) is 7.04. The monoisotopic (exact) mass is 313 g/mol. The SMILES string of the molecule is CNCC(CCOCC(C)C)c1ccc(Br)cc1. The predicted molar refractivity (Wildman–Crippen MR) is 81.1 cm³/mol. The van der Waals surface area contributed by atoms with Crippen LogP contribution in [-0.2, 0) is 4.74 Å². The van der Waals surface area contributed by atoms with E-state index in [4.69, 9.17) is 4.74 Å². The molecule has 1 unspecified atom stereocenters. The van der Waals surface area contributed by atoms with Gasteiger partial charge in [0, 0.05) is 24.2 Å². The van der Waals surface area contributed by atoms with Gasteiger partial charge in [-0.1, -0.05) is 41.9 Å². The summed E-state index contributed by atoms with van der Waals surface area (Å²) >= 11 is 3.47. The zero-order valence-electron chi connectivity index (χ0n) is 11.6. The number of ether oxygens (including phenoxy) is 1. The predicted octanol–water partition coefficient (Wildman–Crippen LogP) is 3.81. The van der Waals surface area contributed by atoms with Crippen LogP contribution in [0.15, 0.2) is 28.7 Å². The zero-order chi connectivity index (χ0) is 13.4. The van der Waals surface area contributed by atoms with E-state index in [0.29, 0.717) is 11.8 Å². The molecule has 1 aromatic rings. The van der Waals surface area contributed by atoms with Crippen LogP contribution >= 0.6 is 15.9 Å². The minimum atomic E-state index is 0.523. The van der Waals surface area contributed by atoms with E-state index in [9.17, 15) is 0 Å². The third-order valence-corrected chi connectivity index (χ3v) is 3.38. The summed E-state index contributed by atoms with van der Waals surface area (Å²) in [4.78, 5) is 0. The number of likely N-dealkylation sites (N-methyl/N-ethyl adjacent to an activating group) is 1. The molecule has 0 aliphatic carbocycles. The molecule has 0 heterocycles. The molecule has 1 rings (SSSR count). The Labute approximate surface area is 119 Å². The van der Waals surface area contributed by atoms with E-state index in [1.807, 2.05) is 7.05 Å². The van der Waals surface area contributed by atoms with E-state index in [0.717, 1.165) is 30.7 Å².